The van der Waals surface area contributed by atoms with Gasteiger partial charge in [0.25, 0.3) is 5.91 Å². The zero-order chi connectivity index (χ0) is 11.3. The van der Waals surface area contributed by atoms with Crippen molar-refractivity contribution < 1.29 is 19.5 Å². The summed E-state index contributed by atoms with van der Waals surface area (Å²) in [5.41, 5.74) is 0.360. The predicted molar refractivity (Wildman–Crippen MR) is 51.3 cm³/mol. The SMILES string of the molecule is CNC(=O)OC1(C(=O)NO)CCCCC1. The molecule has 0 radical (unpaired) electrons. The van der Waals surface area contributed by atoms with Gasteiger partial charge in [-0.1, -0.05) is 6.42 Å². The smallest absolute Gasteiger partial charge is 0.407 e. The van der Waals surface area contributed by atoms with Crippen molar-refractivity contribution in [2.24, 2.45) is 0 Å². The third-order valence-electron chi connectivity index (χ3n) is 2.67. The average Bonchev–Trinajstić information content (AvgIpc) is 2.29. The van der Waals surface area contributed by atoms with E-state index in [4.69, 9.17) is 9.94 Å². The molecule has 0 aromatic carbocycles. The number of ether oxygens (including phenoxy) is 1. The number of hydrogen-bond donors (Lipinski definition) is 3. The highest BCUT2D eigenvalue weighted by Gasteiger charge is 2.43. The molecular formula is C9H16N2O4. The minimum atomic E-state index is -1.20. The van der Waals surface area contributed by atoms with Crippen LogP contribution in [0.4, 0.5) is 4.79 Å². The van der Waals surface area contributed by atoms with Crippen molar-refractivity contribution in [3.05, 3.63) is 0 Å². The Kier molecular flexibility index (Phi) is 3.90. The summed E-state index contributed by atoms with van der Waals surface area (Å²) in [6.07, 6.45) is 2.88. The fraction of sp³-hybridized carbons (Fsp3) is 0.778. The largest absolute Gasteiger partial charge is 0.433 e. The summed E-state index contributed by atoms with van der Waals surface area (Å²) < 4.78 is 5.06. The Morgan fingerprint density at radius 1 is 1.27 bits per heavy atom. The molecule has 2 amide bonds. The fourth-order valence-electron chi connectivity index (χ4n) is 1.83. The van der Waals surface area contributed by atoms with E-state index in [1.54, 1.807) is 5.48 Å². The first-order chi connectivity index (χ1) is 7.14. The van der Waals surface area contributed by atoms with Gasteiger partial charge in [0.05, 0.1) is 0 Å². The van der Waals surface area contributed by atoms with Crippen LogP contribution in [-0.4, -0.2) is 29.9 Å². The van der Waals surface area contributed by atoms with Crippen molar-refractivity contribution in [2.75, 3.05) is 7.05 Å². The van der Waals surface area contributed by atoms with Crippen molar-refractivity contribution in [3.63, 3.8) is 0 Å². The number of nitrogens with one attached hydrogen (secondary N) is 2. The van der Waals surface area contributed by atoms with Crippen LogP contribution in [0.5, 0.6) is 0 Å². The molecule has 6 nitrogen and oxygen atoms in total. The Morgan fingerprint density at radius 2 is 1.87 bits per heavy atom. The monoisotopic (exact) mass is 216 g/mol. The van der Waals surface area contributed by atoms with E-state index in [1.165, 1.54) is 7.05 Å². The molecule has 0 spiro atoms. The third kappa shape index (κ3) is 2.59. The zero-order valence-electron chi connectivity index (χ0n) is 8.71. The Morgan fingerprint density at radius 3 is 2.33 bits per heavy atom. The summed E-state index contributed by atoms with van der Waals surface area (Å²) in [6.45, 7) is 0. The predicted octanol–water partition coefficient (Wildman–Crippen LogP) is 0.551. The summed E-state index contributed by atoms with van der Waals surface area (Å²) in [5, 5.41) is 10.9. The van der Waals surface area contributed by atoms with E-state index < -0.39 is 17.6 Å². The van der Waals surface area contributed by atoms with Gasteiger partial charge in [-0.25, -0.2) is 10.3 Å². The molecule has 0 saturated heterocycles. The summed E-state index contributed by atoms with van der Waals surface area (Å²) in [6, 6.07) is 0. The van der Waals surface area contributed by atoms with Gasteiger partial charge in [-0.05, 0) is 25.7 Å². The summed E-state index contributed by atoms with van der Waals surface area (Å²) in [7, 11) is 1.43. The number of hydroxylamine groups is 1. The van der Waals surface area contributed by atoms with Gasteiger partial charge in [-0.2, -0.15) is 0 Å². The second-order valence-corrected chi connectivity index (χ2v) is 3.64. The van der Waals surface area contributed by atoms with E-state index >= 15 is 0 Å². The molecule has 0 heterocycles. The van der Waals surface area contributed by atoms with Crippen molar-refractivity contribution >= 4 is 12.0 Å². The quantitative estimate of drug-likeness (QED) is 0.464. The van der Waals surface area contributed by atoms with Crippen LogP contribution >= 0.6 is 0 Å². The Balaban J connectivity index is 2.75. The van der Waals surface area contributed by atoms with Gasteiger partial charge in [-0.3, -0.25) is 10.0 Å². The van der Waals surface area contributed by atoms with Gasteiger partial charge in [0.2, 0.25) is 0 Å². The minimum absolute atomic E-state index is 0.451. The topological polar surface area (TPSA) is 87.7 Å². The standard InChI is InChI=1S/C9H16N2O4/c1-10-8(13)15-9(7(12)11-14)5-3-2-4-6-9/h14H,2-6H2,1H3,(H,10,13)(H,11,12). The van der Waals surface area contributed by atoms with Gasteiger partial charge >= 0.3 is 6.09 Å². The Hall–Kier alpha value is -1.30. The van der Waals surface area contributed by atoms with E-state index in [0.29, 0.717) is 12.8 Å². The summed E-state index contributed by atoms with van der Waals surface area (Å²) >= 11 is 0. The molecule has 1 fully saturated rings. The molecule has 0 atom stereocenters. The molecule has 0 unspecified atom stereocenters. The van der Waals surface area contributed by atoms with Crippen LogP contribution in [0.25, 0.3) is 0 Å². The number of rotatable bonds is 2. The van der Waals surface area contributed by atoms with Gasteiger partial charge in [-0.15, -0.1) is 0 Å². The lowest BCUT2D eigenvalue weighted by Gasteiger charge is -2.33. The second-order valence-electron chi connectivity index (χ2n) is 3.64. The number of amides is 2. The normalized spacial score (nSPS) is 19.1. The molecule has 86 valence electrons. The van der Waals surface area contributed by atoms with Gasteiger partial charge < -0.3 is 10.1 Å². The highest BCUT2D eigenvalue weighted by molar-refractivity contribution is 5.86. The lowest BCUT2D eigenvalue weighted by Crippen LogP contribution is -2.51. The van der Waals surface area contributed by atoms with E-state index in [0.717, 1.165) is 19.3 Å². The maximum atomic E-state index is 11.5. The van der Waals surface area contributed by atoms with E-state index in [-0.39, 0.29) is 0 Å². The second kappa shape index (κ2) is 4.97. The zero-order valence-corrected chi connectivity index (χ0v) is 8.71. The van der Waals surface area contributed by atoms with Crippen molar-refractivity contribution in [1.82, 2.24) is 10.8 Å². The molecule has 0 aromatic heterocycles. The van der Waals surface area contributed by atoms with Crippen molar-refractivity contribution in [1.29, 1.82) is 0 Å². The molecule has 0 aromatic rings. The molecule has 0 bridgehead atoms. The van der Waals surface area contributed by atoms with Gasteiger partial charge in [0.1, 0.15) is 0 Å². The third-order valence-corrected chi connectivity index (χ3v) is 2.67. The number of alkyl carbamates (subject to hydrolysis) is 1. The fourth-order valence-corrected chi connectivity index (χ4v) is 1.83. The maximum Gasteiger partial charge on any atom is 0.407 e. The van der Waals surface area contributed by atoms with Gasteiger partial charge in [0, 0.05) is 7.05 Å². The van der Waals surface area contributed by atoms with Crippen LogP contribution in [-0.2, 0) is 9.53 Å². The molecule has 1 rings (SSSR count). The number of carbonyl (C=O) groups excluding carboxylic acids is 2. The lowest BCUT2D eigenvalue weighted by atomic mass is 9.84. The summed E-state index contributed by atoms with van der Waals surface area (Å²) in [5.74, 6) is -0.647. The summed E-state index contributed by atoms with van der Waals surface area (Å²) in [4.78, 5) is 22.6. The number of carbonyl (C=O) groups is 2. The first-order valence-corrected chi connectivity index (χ1v) is 5.00. The first kappa shape index (κ1) is 11.8. The van der Waals surface area contributed by atoms with E-state index in [9.17, 15) is 9.59 Å². The highest BCUT2D eigenvalue weighted by atomic mass is 16.6. The van der Waals surface area contributed by atoms with E-state index in [1.807, 2.05) is 0 Å². The molecule has 1 aliphatic rings. The Bertz CT molecular complexity index is 248. The van der Waals surface area contributed by atoms with Gasteiger partial charge in [0.15, 0.2) is 5.60 Å². The Labute approximate surface area is 87.9 Å². The average molecular weight is 216 g/mol. The van der Waals surface area contributed by atoms with Crippen LogP contribution < -0.4 is 10.8 Å². The van der Waals surface area contributed by atoms with Crippen LogP contribution in [0, 0.1) is 0 Å². The maximum absolute atomic E-state index is 11.5. The van der Waals surface area contributed by atoms with Crippen molar-refractivity contribution in [3.8, 4) is 0 Å². The van der Waals surface area contributed by atoms with Crippen LogP contribution in [0.2, 0.25) is 0 Å². The number of hydrogen-bond acceptors (Lipinski definition) is 4. The van der Waals surface area contributed by atoms with Crippen molar-refractivity contribution in [2.45, 2.75) is 37.7 Å². The lowest BCUT2D eigenvalue weighted by molar-refractivity contribution is -0.152. The molecule has 1 aliphatic carbocycles. The molecule has 15 heavy (non-hydrogen) atoms. The highest BCUT2D eigenvalue weighted by Crippen LogP contribution is 2.31. The molecule has 3 N–H and O–H groups in total. The minimum Gasteiger partial charge on any atom is -0.433 e. The van der Waals surface area contributed by atoms with Crippen LogP contribution in [0.1, 0.15) is 32.1 Å². The molecule has 1 saturated carbocycles. The molecule has 0 aliphatic heterocycles. The molecule has 6 heteroatoms. The molecular weight excluding hydrogens is 200 g/mol. The first-order valence-electron chi connectivity index (χ1n) is 5.00. The van der Waals surface area contributed by atoms with E-state index in [2.05, 4.69) is 5.32 Å². The van der Waals surface area contributed by atoms with Crippen LogP contribution in [0.15, 0.2) is 0 Å². The van der Waals surface area contributed by atoms with Crippen LogP contribution in [0.3, 0.4) is 0 Å².